The fourth-order valence-electron chi connectivity index (χ4n) is 4.55. The Morgan fingerprint density at radius 2 is 2.12 bits per heavy atom. The molecule has 0 spiro atoms. The van der Waals surface area contributed by atoms with Gasteiger partial charge in [0.05, 0.1) is 22.8 Å². The number of likely N-dealkylation sites (N-methyl/N-ethyl adjacent to an activating group) is 2. The maximum absolute atomic E-state index is 13.0. The predicted molar refractivity (Wildman–Crippen MR) is 126 cm³/mol. The molecule has 170 valence electrons. The fraction of sp³-hybridized carbons (Fsp3) is 0.360. The van der Waals surface area contributed by atoms with E-state index in [0.29, 0.717) is 35.1 Å². The molecule has 1 aliphatic rings. The van der Waals surface area contributed by atoms with Crippen LogP contribution in [0.3, 0.4) is 0 Å². The van der Waals surface area contributed by atoms with E-state index in [0.717, 1.165) is 30.6 Å². The lowest BCUT2D eigenvalue weighted by Gasteiger charge is -2.27. The molecular weight excluding hydrogens is 416 g/mol. The van der Waals surface area contributed by atoms with Gasteiger partial charge >= 0.3 is 0 Å². The normalized spacial score (nSPS) is 16.0. The second-order valence-corrected chi connectivity index (χ2v) is 8.48. The van der Waals surface area contributed by atoms with Gasteiger partial charge in [0.1, 0.15) is 0 Å². The van der Waals surface area contributed by atoms with Gasteiger partial charge in [-0.05, 0) is 68.2 Å². The van der Waals surface area contributed by atoms with Crippen molar-refractivity contribution in [3.8, 4) is 23.0 Å². The van der Waals surface area contributed by atoms with Gasteiger partial charge in [-0.1, -0.05) is 13.0 Å². The van der Waals surface area contributed by atoms with Crippen molar-refractivity contribution < 1.29 is 4.79 Å². The highest BCUT2D eigenvalue weighted by molar-refractivity contribution is 5.93. The predicted octanol–water partition coefficient (Wildman–Crippen LogP) is 2.96. The molecule has 1 amide bonds. The minimum absolute atomic E-state index is 0.0790. The van der Waals surface area contributed by atoms with Gasteiger partial charge in [0.25, 0.3) is 11.5 Å². The zero-order valence-corrected chi connectivity index (χ0v) is 19.2. The van der Waals surface area contributed by atoms with Crippen molar-refractivity contribution in [2.75, 3.05) is 26.7 Å². The molecule has 1 fully saturated rings. The van der Waals surface area contributed by atoms with E-state index in [2.05, 4.69) is 28.0 Å². The summed E-state index contributed by atoms with van der Waals surface area (Å²) in [5, 5.41) is 12.0. The van der Waals surface area contributed by atoms with Gasteiger partial charge < -0.3 is 4.90 Å². The summed E-state index contributed by atoms with van der Waals surface area (Å²) < 4.78 is 1.35. The van der Waals surface area contributed by atoms with Crippen LogP contribution in [0.15, 0.2) is 47.5 Å². The van der Waals surface area contributed by atoms with E-state index in [1.165, 1.54) is 17.3 Å². The number of benzene rings is 1. The van der Waals surface area contributed by atoms with Crippen LogP contribution in [0.4, 0.5) is 0 Å². The number of likely N-dealkylation sites (tertiary alicyclic amines) is 1. The van der Waals surface area contributed by atoms with Crippen molar-refractivity contribution in [2.24, 2.45) is 0 Å². The van der Waals surface area contributed by atoms with Gasteiger partial charge in [-0.2, -0.15) is 5.26 Å². The Morgan fingerprint density at radius 1 is 1.30 bits per heavy atom. The number of nitrogens with zero attached hydrogens (tertiary/aromatic N) is 5. The number of rotatable bonds is 6. The van der Waals surface area contributed by atoms with Crippen molar-refractivity contribution >= 4 is 5.91 Å². The van der Waals surface area contributed by atoms with Crippen LogP contribution in [-0.4, -0.2) is 63.2 Å². The van der Waals surface area contributed by atoms with Crippen LogP contribution >= 0.6 is 0 Å². The summed E-state index contributed by atoms with van der Waals surface area (Å²) >= 11 is 0. The van der Waals surface area contributed by atoms with Crippen LogP contribution in [0.5, 0.6) is 0 Å². The number of aromatic nitrogens is 3. The molecule has 8 heteroatoms. The SMILES string of the molecule is CCN1CCCC1CN(C)C(=O)c1ccc(-n2[nH]cc(-c3ccc(C#N)cc3C)c2=O)nc1. The monoisotopic (exact) mass is 444 g/mol. The summed E-state index contributed by atoms with van der Waals surface area (Å²) in [6.07, 6.45) is 5.43. The number of pyridine rings is 1. The first-order chi connectivity index (χ1) is 15.9. The molecule has 1 aromatic carbocycles. The van der Waals surface area contributed by atoms with E-state index in [1.54, 1.807) is 41.4 Å². The minimum atomic E-state index is -0.243. The Kier molecular flexibility index (Phi) is 6.43. The third kappa shape index (κ3) is 4.45. The second kappa shape index (κ2) is 9.43. The highest BCUT2D eigenvalue weighted by Crippen LogP contribution is 2.22. The summed E-state index contributed by atoms with van der Waals surface area (Å²) in [4.78, 5) is 34.4. The Labute approximate surface area is 193 Å². The van der Waals surface area contributed by atoms with Crippen molar-refractivity contribution in [3.05, 3.63) is 69.8 Å². The number of carbonyl (C=O) groups is 1. The molecule has 1 N–H and O–H groups in total. The summed E-state index contributed by atoms with van der Waals surface area (Å²) in [7, 11) is 1.82. The molecular formula is C25H28N6O2. The van der Waals surface area contributed by atoms with Gasteiger partial charge in [-0.15, -0.1) is 0 Å². The van der Waals surface area contributed by atoms with Crippen LogP contribution in [-0.2, 0) is 0 Å². The molecule has 33 heavy (non-hydrogen) atoms. The molecule has 1 aliphatic heterocycles. The summed E-state index contributed by atoms with van der Waals surface area (Å²) in [5.41, 5.74) is 2.90. The largest absolute Gasteiger partial charge is 0.340 e. The number of amides is 1. The first-order valence-corrected chi connectivity index (χ1v) is 11.2. The van der Waals surface area contributed by atoms with Crippen LogP contribution < -0.4 is 5.56 Å². The molecule has 3 heterocycles. The zero-order valence-electron chi connectivity index (χ0n) is 19.2. The molecule has 4 rings (SSSR count). The topological polar surface area (TPSA) is 98.0 Å². The number of aromatic amines is 1. The number of carbonyl (C=O) groups excluding carboxylic acids is 1. The van der Waals surface area contributed by atoms with Crippen LogP contribution in [0.1, 0.15) is 41.3 Å². The van der Waals surface area contributed by atoms with Crippen molar-refractivity contribution in [1.29, 1.82) is 5.26 Å². The Hall–Kier alpha value is -3.70. The lowest BCUT2D eigenvalue weighted by molar-refractivity contribution is 0.0754. The first-order valence-electron chi connectivity index (χ1n) is 11.2. The standard InChI is InChI=1S/C25H28N6O2/c1-4-30-11-5-6-20(30)16-29(3)24(32)19-8-10-23(27-14-19)31-25(33)22(15-28-31)21-9-7-18(13-26)12-17(21)2/h7-10,12,14-15,20,28H,4-6,11,16H2,1-3H3. The van der Waals surface area contributed by atoms with Gasteiger partial charge in [-0.25, -0.2) is 9.67 Å². The number of hydrogen-bond acceptors (Lipinski definition) is 5. The lowest BCUT2D eigenvalue weighted by Crippen LogP contribution is -2.41. The Bertz CT molecular complexity index is 1250. The number of H-pyrrole nitrogens is 1. The van der Waals surface area contributed by atoms with Gasteiger partial charge in [0.15, 0.2) is 5.82 Å². The summed E-state index contributed by atoms with van der Waals surface area (Å²) in [6, 6.07) is 11.1. The number of aryl methyl sites for hydroxylation is 1. The molecule has 0 radical (unpaired) electrons. The van der Waals surface area contributed by atoms with E-state index in [1.807, 2.05) is 14.0 Å². The van der Waals surface area contributed by atoms with Gasteiger partial charge in [-0.3, -0.25) is 19.6 Å². The summed E-state index contributed by atoms with van der Waals surface area (Å²) in [5.74, 6) is 0.328. The molecule has 8 nitrogen and oxygen atoms in total. The third-order valence-corrected chi connectivity index (χ3v) is 6.38. The minimum Gasteiger partial charge on any atom is -0.340 e. The summed E-state index contributed by atoms with van der Waals surface area (Å²) in [6.45, 7) is 6.80. The number of hydrogen-bond donors (Lipinski definition) is 1. The average molecular weight is 445 g/mol. The van der Waals surface area contributed by atoms with Crippen LogP contribution in [0, 0.1) is 18.3 Å². The van der Waals surface area contributed by atoms with Crippen LogP contribution in [0.2, 0.25) is 0 Å². The number of nitriles is 1. The quantitative estimate of drug-likeness (QED) is 0.630. The average Bonchev–Trinajstić information content (AvgIpc) is 3.44. The van der Waals surface area contributed by atoms with E-state index < -0.39 is 0 Å². The second-order valence-electron chi connectivity index (χ2n) is 8.48. The van der Waals surface area contributed by atoms with Gasteiger partial charge in [0.2, 0.25) is 0 Å². The van der Waals surface area contributed by atoms with Crippen molar-refractivity contribution in [3.63, 3.8) is 0 Å². The highest BCUT2D eigenvalue weighted by atomic mass is 16.2. The van der Waals surface area contributed by atoms with Crippen molar-refractivity contribution in [2.45, 2.75) is 32.7 Å². The van der Waals surface area contributed by atoms with E-state index in [-0.39, 0.29) is 11.5 Å². The van der Waals surface area contributed by atoms with E-state index in [9.17, 15) is 9.59 Å². The maximum atomic E-state index is 13.0. The molecule has 1 atom stereocenters. The highest BCUT2D eigenvalue weighted by Gasteiger charge is 2.26. The lowest BCUT2D eigenvalue weighted by atomic mass is 10.0. The third-order valence-electron chi connectivity index (χ3n) is 6.38. The first kappa shape index (κ1) is 22.5. The Morgan fingerprint density at radius 3 is 2.79 bits per heavy atom. The Balaban J connectivity index is 1.51. The molecule has 0 aliphatic carbocycles. The smallest absolute Gasteiger partial charge is 0.280 e. The molecule has 1 saturated heterocycles. The zero-order chi connectivity index (χ0) is 23.5. The van der Waals surface area contributed by atoms with Gasteiger partial charge in [0, 0.05) is 32.0 Å². The molecule has 0 bridgehead atoms. The number of nitrogens with one attached hydrogen (secondary N) is 1. The van der Waals surface area contributed by atoms with E-state index >= 15 is 0 Å². The van der Waals surface area contributed by atoms with Crippen molar-refractivity contribution in [1.82, 2.24) is 24.6 Å². The molecule has 2 aromatic heterocycles. The van der Waals surface area contributed by atoms with Crippen LogP contribution in [0.25, 0.3) is 16.9 Å². The fourth-order valence-corrected chi connectivity index (χ4v) is 4.55. The maximum Gasteiger partial charge on any atom is 0.280 e. The molecule has 0 saturated carbocycles. The van der Waals surface area contributed by atoms with E-state index in [4.69, 9.17) is 5.26 Å². The molecule has 3 aromatic rings. The molecule has 1 unspecified atom stereocenters.